The number of nitrogens with two attached hydrogens (primary N) is 1. The third-order valence-electron chi connectivity index (χ3n) is 5.42. The molecule has 1 fully saturated rings. The van der Waals surface area contributed by atoms with Gasteiger partial charge in [-0.2, -0.15) is 0 Å². The van der Waals surface area contributed by atoms with E-state index in [4.69, 9.17) is 5.73 Å². The maximum absolute atomic E-state index is 5.52. The fourth-order valence-corrected chi connectivity index (χ4v) is 4.06. The molecule has 1 nitrogen and oxygen atoms in total. The van der Waals surface area contributed by atoms with Crippen molar-refractivity contribution in [3.8, 4) is 0 Å². The normalized spacial score (nSPS) is 22.6. The zero-order valence-corrected chi connectivity index (χ0v) is 14.8. The Bertz CT molecular complexity index is 214. The summed E-state index contributed by atoms with van der Waals surface area (Å²) in [5.41, 5.74) is 5.52. The SMILES string of the molecule is CCCCC1CCCC(CCCCCCCCCCN)C1. The molecular weight excluding hydrogens is 254 g/mol. The first-order chi connectivity index (χ1) is 10.4. The molecule has 0 spiro atoms. The summed E-state index contributed by atoms with van der Waals surface area (Å²) in [5, 5.41) is 0. The number of rotatable bonds is 13. The van der Waals surface area contributed by atoms with E-state index in [1.165, 1.54) is 96.3 Å². The zero-order valence-electron chi connectivity index (χ0n) is 14.8. The van der Waals surface area contributed by atoms with Crippen LogP contribution in [0.25, 0.3) is 0 Å². The van der Waals surface area contributed by atoms with E-state index in [1.807, 2.05) is 0 Å². The molecule has 126 valence electrons. The van der Waals surface area contributed by atoms with Crippen LogP contribution in [-0.4, -0.2) is 6.54 Å². The van der Waals surface area contributed by atoms with Gasteiger partial charge in [0.1, 0.15) is 0 Å². The molecule has 1 rings (SSSR count). The van der Waals surface area contributed by atoms with Crippen LogP contribution >= 0.6 is 0 Å². The summed E-state index contributed by atoms with van der Waals surface area (Å²) >= 11 is 0. The van der Waals surface area contributed by atoms with Crippen LogP contribution in [0.5, 0.6) is 0 Å². The van der Waals surface area contributed by atoms with Crippen molar-refractivity contribution >= 4 is 0 Å². The first-order valence-corrected chi connectivity index (χ1v) is 10.1. The molecule has 0 aromatic carbocycles. The van der Waals surface area contributed by atoms with Gasteiger partial charge in [-0.25, -0.2) is 0 Å². The van der Waals surface area contributed by atoms with E-state index in [0.717, 1.165) is 18.4 Å². The Morgan fingerprint density at radius 1 is 0.714 bits per heavy atom. The van der Waals surface area contributed by atoms with E-state index in [2.05, 4.69) is 6.92 Å². The summed E-state index contributed by atoms with van der Waals surface area (Å²) in [7, 11) is 0. The molecule has 2 unspecified atom stereocenters. The maximum Gasteiger partial charge on any atom is -0.00773 e. The zero-order chi connectivity index (χ0) is 15.2. The van der Waals surface area contributed by atoms with Crippen LogP contribution in [0, 0.1) is 11.8 Å². The summed E-state index contributed by atoms with van der Waals surface area (Å²) in [5.74, 6) is 2.15. The molecule has 1 heteroatoms. The summed E-state index contributed by atoms with van der Waals surface area (Å²) in [6.07, 6.45) is 23.3. The first kappa shape index (κ1) is 19.0. The third-order valence-corrected chi connectivity index (χ3v) is 5.42. The topological polar surface area (TPSA) is 26.0 Å². The van der Waals surface area contributed by atoms with Crippen LogP contribution in [0.15, 0.2) is 0 Å². The molecule has 0 saturated heterocycles. The Kier molecular flexibility index (Phi) is 12.3. The van der Waals surface area contributed by atoms with Crippen LogP contribution in [0.3, 0.4) is 0 Å². The van der Waals surface area contributed by atoms with Gasteiger partial charge in [0.25, 0.3) is 0 Å². The predicted molar refractivity (Wildman–Crippen MR) is 95.6 cm³/mol. The molecule has 0 bridgehead atoms. The predicted octanol–water partition coefficient (Wildman–Crippen LogP) is 6.45. The molecule has 1 aliphatic rings. The molecular formula is C20H41N. The van der Waals surface area contributed by atoms with Crippen molar-refractivity contribution in [2.24, 2.45) is 17.6 Å². The molecule has 2 atom stereocenters. The van der Waals surface area contributed by atoms with Gasteiger partial charge in [-0.1, -0.05) is 96.8 Å². The largest absolute Gasteiger partial charge is 0.330 e. The van der Waals surface area contributed by atoms with Crippen LogP contribution in [0.2, 0.25) is 0 Å². The molecule has 1 aliphatic carbocycles. The summed E-state index contributed by atoms with van der Waals surface area (Å²) < 4.78 is 0. The molecule has 21 heavy (non-hydrogen) atoms. The fraction of sp³-hybridized carbons (Fsp3) is 1.00. The third kappa shape index (κ3) is 10.3. The Morgan fingerprint density at radius 3 is 1.81 bits per heavy atom. The van der Waals surface area contributed by atoms with Crippen molar-refractivity contribution in [1.29, 1.82) is 0 Å². The Balaban J connectivity index is 1.90. The van der Waals surface area contributed by atoms with Gasteiger partial charge in [0.15, 0.2) is 0 Å². The highest BCUT2D eigenvalue weighted by Gasteiger charge is 2.20. The van der Waals surface area contributed by atoms with Crippen molar-refractivity contribution in [1.82, 2.24) is 0 Å². The monoisotopic (exact) mass is 295 g/mol. The van der Waals surface area contributed by atoms with Crippen LogP contribution in [0.1, 0.15) is 110 Å². The van der Waals surface area contributed by atoms with E-state index in [9.17, 15) is 0 Å². The standard InChI is InChI=1S/C20H41N/c1-2-3-13-19-15-12-16-20(18-19)14-10-8-6-4-5-7-9-11-17-21/h19-20H,2-18,21H2,1H3. The average Bonchev–Trinajstić information content (AvgIpc) is 2.52. The van der Waals surface area contributed by atoms with Gasteiger partial charge in [0.05, 0.1) is 0 Å². The molecule has 0 amide bonds. The van der Waals surface area contributed by atoms with E-state index in [1.54, 1.807) is 6.42 Å². The van der Waals surface area contributed by atoms with Gasteiger partial charge in [0, 0.05) is 0 Å². The van der Waals surface area contributed by atoms with E-state index >= 15 is 0 Å². The van der Waals surface area contributed by atoms with Gasteiger partial charge in [-0.15, -0.1) is 0 Å². The summed E-state index contributed by atoms with van der Waals surface area (Å²) in [6, 6.07) is 0. The second-order valence-corrected chi connectivity index (χ2v) is 7.45. The highest BCUT2D eigenvalue weighted by Crippen LogP contribution is 2.34. The van der Waals surface area contributed by atoms with Crippen LogP contribution in [-0.2, 0) is 0 Å². The van der Waals surface area contributed by atoms with Crippen molar-refractivity contribution in [2.75, 3.05) is 6.54 Å². The lowest BCUT2D eigenvalue weighted by Gasteiger charge is -2.29. The molecule has 0 heterocycles. The molecule has 0 radical (unpaired) electrons. The van der Waals surface area contributed by atoms with Crippen LogP contribution < -0.4 is 5.73 Å². The minimum atomic E-state index is 0.876. The summed E-state index contributed by atoms with van der Waals surface area (Å²) in [6.45, 7) is 3.21. The molecule has 0 aromatic rings. The fourth-order valence-electron chi connectivity index (χ4n) is 4.06. The maximum atomic E-state index is 5.52. The van der Waals surface area contributed by atoms with E-state index in [-0.39, 0.29) is 0 Å². The minimum absolute atomic E-state index is 0.876. The van der Waals surface area contributed by atoms with Crippen LogP contribution in [0.4, 0.5) is 0 Å². The van der Waals surface area contributed by atoms with Crippen molar-refractivity contribution in [2.45, 2.75) is 110 Å². The molecule has 1 saturated carbocycles. The molecule has 0 aliphatic heterocycles. The van der Waals surface area contributed by atoms with Gasteiger partial charge in [-0.3, -0.25) is 0 Å². The van der Waals surface area contributed by atoms with E-state index < -0.39 is 0 Å². The lowest BCUT2D eigenvalue weighted by molar-refractivity contribution is 0.236. The van der Waals surface area contributed by atoms with Crippen molar-refractivity contribution in [3.63, 3.8) is 0 Å². The minimum Gasteiger partial charge on any atom is -0.330 e. The van der Waals surface area contributed by atoms with Gasteiger partial charge in [0.2, 0.25) is 0 Å². The number of unbranched alkanes of at least 4 members (excludes halogenated alkanes) is 8. The Morgan fingerprint density at radius 2 is 1.24 bits per heavy atom. The second-order valence-electron chi connectivity index (χ2n) is 7.45. The molecule has 2 N–H and O–H groups in total. The van der Waals surface area contributed by atoms with Crippen molar-refractivity contribution in [3.05, 3.63) is 0 Å². The van der Waals surface area contributed by atoms with Gasteiger partial charge in [-0.05, 0) is 31.2 Å². The van der Waals surface area contributed by atoms with E-state index in [0.29, 0.717) is 0 Å². The van der Waals surface area contributed by atoms with Gasteiger partial charge < -0.3 is 5.73 Å². The quantitative estimate of drug-likeness (QED) is 0.388. The average molecular weight is 296 g/mol. The Labute approximate surface area is 134 Å². The number of hydrogen-bond donors (Lipinski definition) is 1. The summed E-state index contributed by atoms with van der Waals surface area (Å²) in [4.78, 5) is 0. The van der Waals surface area contributed by atoms with Crippen molar-refractivity contribution < 1.29 is 0 Å². The Hall–Kier alpha value is -0.0400. The highest BCUT2D eigenvalue weighted by molar-refractivity contribution is 4.73. The molecule has 0 aromatic heterocycles. The highest BCUT2D eigenvalue weighted by atomic mass is 14.5. The lowest BCUT2D eigenvalue weighted by atomic mass is 9.77. The van der Waals surface area contributed by atoms with Gasteiger partial charge >= 0.3 is 0 Å². The lowest BCUT2D eigenvalue weighted by Crippen LogP contribution is -2.15. The smallest absolute Gasteiger partial charge is 0.00773 e. The number of hydrogen-bond acceptors (Lipinski definition) is 1. The second kappa shape index (κ2) is 13.6. The first-order valence-electron chi connectivity index (χ1n) is 10.1.